The maximum atomic E-state index is 11.2. The fourth-order valence-electron chi connectivity index (χ4n) is 1.67. The van der Waals surface area contributed by atoms with Gasteiger partial charge in [-0.2, -0.15) is 0 Å². The number of rotatable bonds is 4. The molecule has 1 aromatic carbocycles. The van der Waals surface area contributed by atoms with Gasteiger partial charge < -0.3 is 10.9 Å². The highest BCUT2D eigenvalue weighted by atomic mass is 16.8. The first-order valence-electron chi connectivity index (χ1n) is 5.44. The zero-order valence-corrected chi connectivity index (χ0v) is 10.1. The Morgan fingerprint density at radius 1 is 1.31 bits per heavy atom. The minimum Gasteiger partial charge on any atom is -0.598 e. The van der Waals surface area contributed by atoms with Gasteiger partial charge in [0.1, 0.15) is 6.54 Å². The molecule has 0 aliphatic rings. The summed E-state index contributed by atoms with van der Waals surface area (Å²) in [6, 6.07) is 5.87. The van der Waals surface area contributed by atoms with Gasteiger partial charge in [-0.3, -0.25) is 0 Å². The molecular weight excluding hydrogens is 204 g/mol. The summed E-state index contributed by atoms with van der Waals surface area (Å²) in [4.78, 5) is -1.30. The van der Waals surface area contributed by atoms with E-state index in [2.05, 4.69) is 13.8 Å². The van der Waals surface area contributed by atoms with E-state index in [-0.39, 0.29) is 6.54 Å². The van der Waals surface area contributed by atoms with Crippen LogP contribution >= 0.6 is 0 Å². The van der Waals surface area contributed by atoms with Gasteiger partial charge in [0.05, 0.1) is 7.05 Å². The summed E-state index contributed by atoms with van der Waals surface area (Å²) < 4.78 is 0. The van der Waals surface area contributed by atoms with Crippen LogP contribution in [-0.4, -0.2) is 17.1 Å². The summed E-state index contributed by atoms with van der Waals surface area (Å²) in [5.74, 6) is 0.384. The number of quaternary nitrogens is 1. The minimum absolute atomic E-state index is 0.0492. The van der Waals surface area contributed by atoms with E-state index in [1.807, 2.05) is 18.2 Å². The average Bonchev–Trinajstić information content (AvgIpc) is 2.14. The van der Waals surface area contributed by atoms with Crippen molar-refractivity contribution in [2.45, 2.75) is 32.9 Å². The third-order valence-electron chi connectivity index (χ3n) is 2.45. The van der Waals surface area contributed by atoms with Crippen LogP contribution in [0.15, 0.2) is 18.2 Å². The molecular formula is C12H20N2O2. The largest absolute Gasteiger partial charge is 0.598 e. The number of hydrogen-bond acceptors (Lipinski definition) is 3. The molecule has 0 aliphatic carbocycles. The minimum atomic E-state index is -1.30. The van der Waals surface area contributed by atoms with Gasteiger partial charge in [-0.05, 0) is 29.2 Å². The lowest BCUT2D eigenvalue weighted by atomic mass is 9.97. The Bertz CT molecular complexity index is 357. The van der Waals surface area contributed by atoms with E-state index >= 15 is 0 Å². The zero-order chi connectivity index (χ0) is 12.3. The molecule has 0 radical (unpaired) electrons. The van der Waals surface area contributed by atoms with Gasteiger partial charge >= 0.3 is 0 Å². The van der Waals surface area contributed by atoms with Crippen LogP contribution in [0.4, 0.5) is 0 Å². The average molecular weight is 224 g/mol. The summed E-state index contributed by atoms with van der Waals surface area (Å²) in [5.41, 5.74) is 8.57. The molecule has 0 fully saturated rings. The van der Waals surface area contributed by atoms with Gasteiger partial charge in [0.25, 0.3) is 0 Å². The summed E-state index contributed by atoms with van der Waals surface area (Å²) in [6.45, 7) is 4.67. The van der Waals surface area contributed by atoms with E-state index in [0.717, 1.165) is 16.7 Å². The summed E-state index contributed by atoms with van der Waals surface area (Å²) in [5, 5.41) is 20.4. The third kappa shape index (κ3) is 3.90. The molecule has 0 spiro atoms. The molecule has 0 saturated carbocycles. The Morgan fingerprint density at radius 3 is 2.31 bits per heavy atom. The van der Waals surface area contributed by atoms with Gasteiger partial charge in [-0.15, -0.1) is 0 Å². The lowest BCUT2D eigenvalue weighted by Gasteiger charge is -2.29. The SMILES string of the molecule is CC(C)c1cc(CN)cc(C[N+](C)([O-])O)c1. The highest BCUT2D eigenvalue weighted by molar-refractivity contribution is 5.31. The van der Waals surface area contributed by atoms with Gasteiger partial charge in [0.15, 0.2) is 0 Å². The van der Waals surface area contributed by atoms with Crippen molar-refractivity contribution in [3.63, 3.8) is 0 Å². The fourth-order valence-corrected chi connectivity index (χ4v) is 1.67. The van der Waals surface area contributed by atoms with E-state index in [1.54, 1.807) is 0 Å². The van der Waals surface area contributed by atoms with Crippen LogP contribution in [-0.2, 0) is 13.1 Å². The first-order valence-corrected chi connectivity index (χ1v) is 5.44. The summed E-state index contributed by atoms with van der Waals surface area (Å²) >= 11 is 0. The van der Waals surface area contributed by atoms with Gasteiger partial charge in [-0.25, -0.2) is 10.0 Å². The highest BCUT2D eigenvalue weighted by Gasteiger charge is 2.10. The molecule has 0 heterocycles. The van der Waals surface area contributed by atoms with Crippen LogP contribution < -0.4 is 5.73 Å². The quantitative estimate of drug-likeness (QED) is 0.608. The van der Waals surface area contributed by atoms with Crippen molar-refractivity contribution >= 4 is 0 Å². The lowest BCUT2D eigenvalue weighted by Crippen LogP contribution is -2.32. The fraction of sp³-hybridized carbons (Fsp3) is 0.500. The molecule has 1 unspecified atom stereocenters. The number of hydroxylamine groups is 4. The lowest BCUT2D eigenvalue weighted by molar-refractivity contribution is -1.06. The smallest absolute Gasteiger partial charge is 0.134 e. The molecule has 90 valence electrons. The van der Waals surface area contributed by atoms with Crippen molar-refractivity contribution < 1.29 is 10.0 Å². The number of nitrogens with zero attached hydrogens (tertiary/aromatic N) is 1. The zero-order valence-electron chi connectivity index (χ0n) is 10.1. The molecule has 0 saturated heterocycles. The Hall–Kier alpha value is -0.940. The van der Waals surface area contributed by atoms with Crippen LogP contribution in [0.1, 0.15) is 36.5 Å². The monoisotopic (exact) mass is 224 g/mol. The van der Waals surface area contributed by atoms with Gasteiger partial charge in [0, 0.05) is 12.1 Å². The molecule has 1 atom stereocenters. The van der Waals surface area contributed by atoms with Gasteiger partial charge in [-0.1, -0.05) is 19.9 Å². The van der Waals surface area contributed by atoms with E-state index in [1.165, 1.54) is 7.05 Å². The van der Waals surface area contributed by atoms with Crippen molar-refractivity contribution in [3.05, 3.63) is 40.1 Å². The van der Waals surface area contributed by atoms with Crippen molar-refractivity contribution in [2.24, 2.45) is 5.73 Å². The first-order chi connectivity index (χ1) is 7.31. The van der Waals surface area contributed by atoms with Crippen molar-refractivity contribution in [3.8, 4) is 0 Å². The van der Waals surface area contributed by atoms with Crippen molar-refractivity contribution in [1.82, 2.24) is 0 Å². The van der Waals surface area contributed by atoms with E-state index < -0.39 is 4.81 Å². The van der Waals surface area contributed by atoms with Crippen LogP contribution in [0.2, 0.25) is 0 Å². The number of benzene rings is 1. The second kappa shape index (κ2) is 4.93. The maximum absolute atomic E-state index is 11.2. The molecule has 0 aromatic heterocycles. The van der Waals surface area contributed by atoms with Crippen LogP contribution in [0.5, 0.6) is 0 Å². The molecule has 16 heavy (non-hydrogen) atoms. The second-order valence-corrected chi connectivity index (χ2v) is 4.65. The predicted octanol–water partition coefficient (Wildman–Crippen LogP) is 2.10. The summed E-state index contributed by atoms with van der Waals surface area (Å²) in [6.07, 6.45) is 0. The van der Waals surface area contributed by atoms with E-state index in [0.29, 0.717) is 12.5 Å². The normalized spacial score (nSPS) is 15.2. The predicted molar refractivity (Wildman–Crippen MR) is 63.5 cm³/mol. The van der Waals surface area contributed by atoms with Crippen molar-refractivity contribution in [2.75, 3.05) is 7.05 Å². The number of nitrogens with two attached hydrogens (primary N) is 1. The molecule has 1 aromatic rings. The number of hydrogen-bond donors (Lipinski definition) is 2. The second-order valence-electron chi connectivity index (χ2n) is 4.65. The van der Waals surface area contributed by atoms with Gasteiger partial charge in [0.2, 0.25) is 0 Å². The van der Waals surface area contributed by atoms with E-state index in [9.17, 15) is 10.4 Å². The maximum Gasteiger partial charge on any atom is 0.134 e. The molecule has 1 rings (SSSR count). The molecule has 0 bridgehead atoms. The first kappa shape index (κ1) is 13.1. The molecule has 4 nitrogen and oxygen atoms in total. The summed E-state index contributed by atoms with van der Waals surface area (Å²) in [7, 11) is 1.21. The van der Waals surface area contributed by atoms with Crippen LogP contribution in [0.25, 0.3) is 0 Å². The van der Waals surface area contributed by atoms with Crippen LogP contribution in [0.3, 0.4) is 0 Å². The molecule has 0 amide bonds. The third-order valence-corrected chi connectivity index (χ3v) is 2.45. The highest BCUT2D eigenvalue weighted by Crippen LogP contribution is 2.20. The molecule has 3 N–H and O–H groups in total. The topological polar surface area (TPSA) is 69.3 Å². The Kier molecular flexibility index (Phi) is 4.04. The standard InChI is InChI=1S/C12H20N2O2/c1-9(2)12-5-10(7-13)4-11(6-12)8-14(3,15)16/h4-6,9,15H,7-8,13H2,1-3H3. The van der Waals surface area contributed by atoms with E-state index in [4.69, 9.17) is 5.73 Å². The Balaban J connectivity index is 3.04. The Morgan fingerprint density at radius 2 is 1.88 bits per heavy atom. The van der Waals surface area contributed by atoms with Crippen molar-refractivity contribution in [1.29, 1.82) is 0 Å². The Labute approximate surface area is 96.4 Å². The molecule has 4 heteroatoms. The van der Waals surface area contributed by atoms with Crippen LogP contribution in [0, 0.1) is 5.21 Å². The molecule has 0 aliphatic heterocycles.